The molecule has 3 rings (SSSR count). The summed E-state index contributed by atoms with van der Waals surface area (Å²) in [5.41, 5.74) is 0.348. The van der Waals surface area contributed by atoms with Crippen LogP contribution in [0.25, 0.3) is 11.3 Å². The Morgan fingerprint density at radius 1 is 1.13 bits per heavy atom. The van der Waals surface area contributed by atoms with Gasteiger partial charge in [-0.3, -0.25) is 9.59 Å². The van der Waals surface area contributed by atoms with Crippen LogP contribution in [0.3, 0.4) is 0 Å². The van der Waals surface area contributed by atoms with Gasteiger partial charge in [0.1, 0.15) is 17.4 Å². The Labute approximate surface area is 177 Å². The van der Waals surface area contributed by atoms with Gasteiger partial charge in [-0.2, -0.15) is 8.78 Å². The number of anilines is 1. The van der Waals surface area contributed by atoms with E-state index in [4.69, 9.17) is 0 Å². The Bertz CT molecular complexity index is 1090. The number of aromatic nitrogens is 1. The molecule has 3 aromatic rings. The van der Waals surface area contributed by atoms with Crippen LogP contribution in [0.5, 0.6) is 5.75 Å². The van der Waals surface area contributed by atoms with E-state index in [-0.39, 0.29) is 29.4 Å². The van der Waals surface area contributed by atoms with E-state index < -0.39 is 30.1 Å². The highest BCUT2D eigenvalue weighted by Crippen LogP contribution is 2.33. The van der Waals surface area contributed by atoms with Crippen molar-refractivity contribution in [1.29, 1.82) is 0 Å². The van der Waals surface area contributed by atoms with Crippen LogP contribution in [0.1, 0.15) is 16.8 Å². The van der Waals surface area contributed by atoms with Crippen molar-refractivity contribution in [2.45, 2.75) is 13.0 Å². The number of hydrogen-bond donors (Lipinski definition) is 2. The van der Waals surface area contributed by atoms with Crippen LogP contribution < -0.4 is 15.4 Å². The van der Waals surface area contributed by atoms with Crippen LogP contribution in [0.2, 0.25) is 0 Å². The van der Waals surface area contributed by atoms with E-state index in [1.807, 2.05) is 0 Å². The van der Waals surface area contributed by atoms with Crippen LogP contribution in [0.15, 0.2) is 47.8 Å². The predicted octanol–water partition coefficient (Wildman–Crippen LogP) is 4.45. The van der Waals surface area contributed by atoms with Crippen molar-refractivity contribution in [2.75, 3.05) is 11.9 Å². The summed E-state index contributed by atoms with van der Waals surface area (Å²) in [4.78, 5) is 28.1. The molecule has 2 amide bonds. The van der Waals surface area contributed by atoms with Gasteiger partial charge in [-0.1, -0.05) is 12.1 Å². The molecular weight excluding hydrogens is 438 g/mol. The lowest BCUT2D eigenvalue weighted by atomic mass is 10.1. The molecule has 0 saturated heterocycles. The Morgan fingerprint density at radius 3 is 2.65 bits per heavy atom. The number of carbonyl (C=O) groups excluding carboxylic acids is 2. The van der Waals surface area contributed by atoms with E-state index in [1.54, 1.807) is 23.6 Å². The fraction of sp³-hybridized carbons (Fsp3) is 0.150. The summed E-state index contributed by atoms with van der Waals surface area (Å²) in [6, 6.07) is 8.67. The molecule has 31 heavy (non-hydrogen) atoms. The first-order valence-corrected chi connectivity index (χ1v) is 9.74. The highest BCUT2D eigenvalue weighted by atomic mass is 32.1. The van der Waals surface area contributed by atoms with Crippen molar-refractivity contribution in [3.05, 3.63) is 65.0 Å². The Balaban J connectivity index is 1.54. The SMILES string of the molecule is O=C(CCNC(=O)c1ccc(F)cc1F)Nc1nc(-c2ccccc2OC(F)F)cs1. The minimum Gasteiger partial charge on any atom is -0.434 e. The molecule has 0 spiro atoms. The lowest BCUT2D eigenvalue weighted by molar-refractivity contribution is -0.116. The maximum atomic E-state index is 13.6. The first kappa shape index (κ1) is 22.2. The average Bonchev–Trinajstić information content (AvgIpc) is 3.16. The number of rotatable bonds is 8. The number of halogens is 4. The van der Waals surface area contributed by atoms with Crippen molar-refractivity contribution in [2.24, 2.45) is 0 Å². The molecule has 0 bridgehead atoms. The number of benzene rings is 2. The largest absolute Gasteiger partial charge is 0.434 e. The van der Waals surface area contributed by atoms with Crippen molar-refractivity contribution < 1.29 is 31.9 Å². The average molecular weight is 453 g/mol. The van der Waals surface area contributed by atoms with Gasteiger partial charge in [0.2, 0.25) is 5.91 Å². The van der Waals surface area contributed by atoms with Crippen molar-refractivity contribution in [3.8, 4) is 17.0 Å². The molecular formula is C20H15F4N3O3S. The van der Waals surface area contributed by atoms with E-state index in [0.29, 0.717) is 17.3 Å². The summed E-state index contributed by atoms with van der Waals surface area (Å²) in [6.45, 7) is -3.08. The normalized spacial score (nSPS) is 10.7. The van der Waals surface area contributed by atoms with Gasteiger partial charge in [0.05, 0.1) is 11.3 Å². The number of para-hydroxylation sites is 1. The van der Waals surface area contributed by atoms with Crippen LogP contribution in [-0.4, -0.2) is 30.0 Å². The second-order valence-corrected chi connectivity index (χ2v) is 6.95. The lowest BCUT2D eigenvalue weighted by Gasteiger charge is -2.08. The number of carbonyl (C=O) groups is 2. The van der Waals surface area contributed by atoms with E-state index in [2.05, 4.69) is 20.4 Å². The van der Waals surface area contributed by atoms with E-state index in [9.17, 15) is 27.2 Å². The number of amides is 2. The summed E-state index contributed by atoms with van der Waals surface area (Å²) in [5, 5.41) is 6.69. The van der Waals surface area contributed by atoms with Gasteiger partial charge < -0.3 is 15.4 Å². The standard InChI is InChI=1S/C20H15F4N3O3S/c21-11-5-6-12(14(22)9-11)18(29)25-8-7-17(28)27-20-26-15(10-31-20)13-3-1-2-4-16(13)30-19(23)24/h1-6,9-10,19H,7-8H2,(H,25,29)(H,26,27,28). The predicted molar refractivity (Wildman–Crippen MR) is 106 cm³/mol. The van der Waals surface area contributed by atoms with Gasteiger partial charge in [0, 0.05) is 30.0 Å². The fourth-order valence-corrected chi connectivity index (χ4v) is 3.30. The molecule has 0 atom stereocenters. The minimum absolute atomic E-state index is 0.0450. The Hall–Kier alpha value is -3.47. The van der Waals surface area contributed by atoms with Gasteiger partial charge in [-0.15, -0.1) is 11.3 Å². The van der Waals surface area contributed by atoms with Crippen molar-refractivity contribution in [1.82, 2.24) is 10.3 Å². The number of hydrogen-bond acceptors (Lipinski definition) is 5. The van der Waals surface area contributed by atoms with Crippen LogP contribution in [-0.2, 0) is 4.79 Å². The molecule has 0 unspecified atom stereocenters. The molecule has 2 aromatic carbocycles. The molecule has 0 fully saturated rings. The van der Waals surface area contributed by atoms with E-state index in [0.717, 1.165) is 23.5 Å². The first-order valence-electron chi connectivity index (χ1n) is 8.86. The fourth-order valence-electron chi connectivity index (χ4n) is 2.57. The second kappa shape index (κ2) is 10.0. The molecule has 162 valence electrons. The summed E-state index contributed by atoms with van der Waals surface area (Å²) < 4.78 is 56.0. The zero-order valence-electron chi connectivity index (χ0n) is 15.7. The molecule has 11 heteroatoms. The van der Waals surface area contributed by atoms with Crippen LogP contribution >= 0.6 is 11.3 Å². The summed E-state index contributed by atoms with van der Waals surface area (Å²) in [5.74, 6) is -3.11. The number of thiazole rings is 1. The molecule has 6 nitrogen and oxygen atoms in total. The molecule has 0 aliphatic carbocycles. The lowest BCUT2D eigenvalue weighted by Crippen LogP contribution is -2.28. The third kappa shape index (κ3) is 6.01. The monoisotopic (exact) mass is 453 g/mol. The Kier molecular flexibility index (Phi) is 7.19. The smallest absolute Gasteiger partial charge is 0.387 e. The van der Waals surface area contributed by atoms with Gasteiger partial charge in [0.25, 0.3) is 5.91 Å². The summed E-state index contributed by atoms with van der Waals surface area (Å²) in [6.07, 6.45) is -0.130. The third-order valence-electron chi connectivity index (χ3n) is 3.94. The second-order valence-electron chi connectivity index (χ2n) is 6.09. The zero-order chi connectivity index (χ0) is 22.4. The van der Waals surface area contributed by atoms with Gasteiger partial charge in [-0.25, -0.2) is 13.8 Å². The molecule has 1 aromatic heterocycles. The molecule has 0 aliphatic heterocycles. The Morgan fingerprint density at radius 2 is 1.90 bits per heavy atom. The third-order valence-corrected chi connectivity index (χ3v) is 4.70. The first-order chi connectivity index (χ1) is 14.8. The van der Waals surface area contributed by atoms with Crippen molar-refractivity contribution in [3.63, 3.8) is 0 Å². The quantitative estimate of drug-likeness (QED) is 0.494. The highest BCUT2D eigenvalue weighted by molar-refractivity contribution is 7.14. The van der Waals surface area contributed by atoms with Gasteiger partial charge in [0.15, 0.2) is 5.13 Å². The molecule has 2 N–H and O–H groups in total. The van der Waals surface area contributed by atoms with E-state index in [1.165, 1.54) is 6.07 Å². The maximum absolute atomic E-state index is 13.6. The molecule has 0 saturated carbocycles. The summed E-state index contributed by atoms with van der Waals surface area (Å²) >= 11 is 1.08. The summed E-state index contributed by atoms with van der Waals surface area (Å²) in [7, 11) is 0. The zero-order valence-corrected chi connectivity index (χ0v) is 16.5. The van der Waals surface area contributed by atoms with Crippen LogP contribution in [0.4, 0.5) is 22.7 Å². The van der Waals surface area contributed by atoms with E-state index >= 15 is 0 Å². The molecule has 0 radical (unpaired) electrons. The molecule has 1 heterocycles. The number of alkyl halides is 2. The number of nitrogens with zero attached hydrogens (tertiary/aromatic N) is 1. The molecule has 0 aliphatic rings. The van der Waals surface area contributed by atoms with Gasteiger partial charge in [-0.05, 0) is 24.3 Å². The maximum Gasteiger partial charge on any atom is 0.387 e. The topological polar surface area (TPSA) is 80.3 Å². The minimum atomic E-state index is -2.99. The van der Waals surface area contributed by atoms with Crippen LogP contribution in [0, 0.1) is 11.6 Å². The highest BCUT2D eigenvalue weighted by Gasteiger charge is 2.15. The number of nitrogens with one attached hydrogen (secondary N) is 2. The van der Waals surface area contributed by atoms with Gasteiger partial charge >= 0.3 is 6.61 Å². The number of ether oxygens (including phenoxy) is 1. The van der Waals surface area contributed by atoms with Crippen molar-refractivity contribution >= 4 is 28.3 Å².